The highest BCUT2D eigenvalue weighted by Gasteiger charge is 2.15. The second-order valence-corrected chi connectivity index (χ2v) is 8.30. The van der Waals surface area contributed by atoms with Gasteiger partial charge in [0.1, 0.15) is 5.69 Å². The summed E-state index contributed by atoms with van der Waals surface area (Å²) in [4.78, 5) is 21.0. The largest absolute Gasteiger partial charge is 0.358 e. The molecule has 0 aliphatic rings. The Morgan fingerprint density at radius 2 is 1.74 bits per heavy atom. The van der Waals surface area contributed by atoms with Gasteiger partial charge in [0.2, 0.25) is 0 Å². The van der Waals surface area contributed by atoms with Gasteiger partial charge in [0.25, 0.3) is 0 Å². The second kappa shape index (κ2) is 8.49. The summed E-state index contributed by atoms with van der Waals surface area (Å²) in [6.07, 6.45) is 13.5. The van der Waals surface area contributed by atoms with Crippen LogP contribution in [0.25, 0.3) is 55.6 Å². The van der Waals surface area contributed by atoms with Crippen molar-refractivity contribution in [1.29, 1.82) is 0 Å². The summed E-state index contributed by atoms with van der Waals surface area (Å²) in [5.41, 5.74) is 9.17. The van der Waals surface area contributed by atoms with Crippen molar-refractivity contribution in [2.75, 3.05) is 5.32 Å². The minimum atomic E-state index is 0.814. The van der Waals surface area contributed by atoms with E-state index in [1.165, 1.54) is 0 Å². The Morgan fingerprint density at radius 1 is 0.886 bits per heavy atom. The Morgan fingerprint density at radius 3 is 2.60 bits per heavy atom. The number of nitrogens with one attached hydrogen (secondary N) is 3. The highest BCUT2D eigenvalue weighted by molar-refractivity contribution is 6.01. The zero-order valence-corrected chi connectivity index (χ0v) is 19.1. The summed E-state index contributed by atoms with van der Waals surface area (Å²) < 4.78 is 0. The molecule has 0 atom stereocenters. The van der Waals surface area contributed by atoms with E-state index < -0.39 is 0 Å². The van der Waals surface area contributed by atoms with Crippen LogP contribution >= 0.6 is 0 Å². The van der Waals surface area contributed by atoms with Gasteiger partial charge in [0, 0.05) is 52.4 Å². The Bertz CT molecular complexity index is 1680. The Labute approximate surface area is 201 Å². The number of anilines is 1. The van der Waals surface area contributed by atoms with Gasteiger partial charge in [-0.1, -0.05) is 13.5 Å². The number of fused-ring (bicyclic) bond motifs is 2. The molecule has 6 aromatic rings. The number of aromatic nitrogens is 7. The second-order valence-electron chi connectivity index (χ2n) is 8.30. The lowest BCUT2D eigenvalue weighted by molar-refractivity contribution is 1.11. The molecule has 0 aliphatic heterocycles. The molecule has 6 heterocycles. The van der Waals surface area contributed by atoms with Crippen LogP contribution in [0.5, 0.6) is 0 Å². The molecule has 0 spiro atoms. The highest BCUT2D eigenvalue weighted by Crippen LogP contribution is 2.34. The van der Waals surface area contributed by atoms with Crippen LogP contribution in [0.15, 0.2) is 86.0 Å². The molecule has 0 aromatic carbocycles. The summed E-state index contributed by atoms with van der Waals surface area (Å²) >= 11 is 0. The fourth-order valence-electron chi connectivity index (χ4n) is 4.16. The Balaban J connectivity index is 1.43. The number of aromatic amines is 2. The maximum Gasteiger partial charge on any atom is 0.116 e. The standard InChI is InChI=1S/C27H22N8/c1-3-16(2)32-19-8-18(11-29-12-19)23-10-21-26(15-31-23)34-35-27(21)24-9-20-22(13-30-14-25(20)33-24)17-4-6-28-7-5-17/h4-15,32-33H,2-3H2,1H3,(H,34,35). The lowest BCUT2D eigenvalue weighted by Gasteiger charge is -2.08. The summed E-state index contributed by atoms with van der Waals surface area (Å²) in [5, 5.41) is 13.0. The molecule has 0 saturated heterocycles. The molecule has 6 aromatic heterocycles. The van der Waals surface area contributed by atoms with Crippen LogP contribution in [0.1, 0.15) is 13.3 Å². The third-order valence-corrected chi connectivity index (χ3v) is 6.02. The molecule has 0 aliphatic carbocycles. The smallest absolute Gasteiger partial charge is 0.116 e. The predicted molar refractivity (Wildman–Crippen MR) is 138 cm³/mol. The predicted octanol–water partition coefficient (Wildman–Crippen LogP) is 5.96. The van der Waals surface area contributed by atoms with Gasteiger partial charge in [-0.3, -0.25) is 25.0 Å². The molecule has 8 nitrogen and oxygen atoms in total. The van der Waals surface area contributed by atoms with Crippen LogP contribution in [0, 0.1) is 0 Å². The number of H-pyrrole nitrogens is 2. The molecule has 3 N–H and O–H groups in total. The summed E-state index contributed by atoms with van der Waals surface area (Å²) in [7, 11) is 0. The van der Waals surface area contributed by atoms with Crippen molar-refractivity contribution in [1.82, 2.24) is 35.1 Å². The van der Waals surface area contributed by atoms with Gasteiger partial charge >= 0.3 is 0 Å². The van der Waals surface area contributed by atoms with Crippen molar-refractivity contribution in [3.63, 3.8) is 0 Å². The van der Waals surface area contributed by atoms with Gasteiger partial charge in [-0.25, -0.2) is 0 Å². The van der Waals surface area contributed by atoms with E-state index in [4.69, 9.17) is 0 Å². The molecule has 35 heavy (non-hydrogen) atoms. The van der Waals surface area contributed by atoms with Crippen molar-refractivity contribution in [2.24, 2.45) is 0 Å². The topological polar surface area (TPSA) is 108 Å². The van der Waals surface area contributed by atoms with Gasteiger partial charge in [-0.2, -0.15) is 5.10 Å². The van der Waals surface area contributed by atoms with E-state index >= 15 is 0 Å². The molecule has 170 valence electrons. The zero-order valence-electron chi connectivity index (χ0n) is 19.1. The van der Waals surface area contributed by atoms with Crippen molar-refractivity contribution >= 4 is 27.5 Å². The number of rotatable bonds is 6. The van der Waals surface area contributed by atoms with Crippen molar-refractivity contribution in [2.45, 2.75) is 13.3 Å². The van der Waals surface area contributed by atoms with E-state index in [1.54, 1.807) is 24.8 Å². The van der Waals surface area contributed by atoms with Gasteiger partial charge in [-0.15, -0.1) is 0 Å². The van der Waals surface area contributed by atoms with Crippen molar-refractivity contribution in [3.8, 4) is 33.8 Å². The normalized spacial score (nSPS) is 11.2. The number of nitrogens with zero attached hydrogens (tertiary/aromatic N) is 5. The van der Waals surface area contributed by atoms with E-state index in [0.717, 1.165) is 73.4 Å². The summed E-state index contributed by atoms with van der Waals surface area (Å²) in [5.74, 6) is 0. The van der Waals surface area contributed by atoms with Gasteiger partial charge < -0.3 is 10.3 Å². The first-order valence-corrected chi connectivity index (χ1v) is 11.3. The lowest BCUT2D eigenvalue weighted by Crippen LogP contribution is -1.97. The fourth-order valence-corrected chi connectivity index (χ4v) is 4.16. The van der Waals surface area contributed by atoms with Crippen LogP contribution in [0.4, 0.5) is 5.69 Å². The minimum absolute atomic E-state index is 0.814. The van der Waals surface area contributed by atoms with Crippen LogP contribution in [-0.4, -0.2) is 35.1 Å². The molecular formula is C27H22N8. The monoisotopic (exact) mass is 458 g/mol. The van der Waals surface area contributed by atoms with Crippen molar-refractivity contribution < 1.29 is 0 Å². The Kier molecular flexibility index (Phi) is 5.03. The third kappa shape index (κ3) is 3.80. The zero-order chi connectivity index (χ0) is 23.8. The lowest BCUT2D eigenvalue weighted by atomic mass is 10.1. The van der Waals surface area contributed by atoms with Crippen LogP contribution < -0.4 is 5.32 Å². The average molecular weight is 459 g/mol. The first-order chi connectivity index (χ1) is 17.2. The first kappa shape index (κ1) is 20.7. The number of allylic oxidation sites excluding steroid dienone is 1. The van der Waals surface area contributed by atoms with Crippen molar-refractivity contribution in [3.05, 3.63) is 86.0 Å². The molecule has 0 saturated carbocycles. The van der Waals surface area contributed by atoms with Gasteiger partial charge in [0.15, 0.2) is 0 Å². The van der Waals surface area contributed by atoms with Crippen LogP contribution in [0.2, 0.25) is 0 Å². The maximum absolute atomic E-state index is 4.63. The van der Waals surface area contributed by atoms with Crippen LogP contribution in [-0.2, 0) is 0 Å². The molecule has 0 amide bonds. The summed E-state index contributed by atoms with van der Waals surface area (Å²) in [6.45, 7) is 6.07. The van der Waals surface area contributed by atoms with E-state index in [2.05, 4.69) is 60.0 Å². The Hall–Kier alpha value is -4.85. The van der Waals surface area contributed by atoms with Crippen LogP contribution in [0.3, 0.4) is 0 Å². The van der Waals surface area contributed by atoms with Gasteiger partial charge in [0.05, 0.1) is 46.7 Å². The minimum Gasteiger partial charge on any atom is -0.358 e. The maximum atomic E-state index is 4.63. The summed E-state index contributed by atoms with van der Waals surface area (Å²) in [6, 6.07) is 10.1. The number of pyridine rings is 4. The van der Waals surface area contributed by atoms with E-state index in [1.807, 2.05) is 42.9 Å². The molecular weight excluding hydrogens is 436 g/mol. The molecule has 6 rings (SSSR count). The average Bonchev–Trinajstić information content (AvgIpc) is 3.53. The third-order valence-electron chi connectivity index (χ3n) is 6.02. The molecule has 0 radical (unpaired) electrons. The molecule has 0 fully saturated rings. The van der Waals surface area contributed by atoms with E-state index in [-0.39, 0.29) is 0 Å². The SMILES string of the molecule is C=C(CC)Nc1cncc(-c2cc3c(-c4cc5c(-c6ccncc6)cncc5[nH]4)n[nH]c3cn2)c1. The quantitative estimate of drug-likeness (QED) is 0.284. The number of hydrogen-bond acceptors (Lipinski definition) is 6. The molecule has 0 bridgehead atoms. The van der Waals surface area contributed by atoms with E-state index in [9.17, 15) is 0 Å². The highest BCUT2D eigenvalue weighted by atomic mass is 15.1. The fraction of sp³-hybridized carbons (Fsp3) is 0.0741. The number of hydrogen-bond donors (Lipinski definition) is 3. The van der Waals surface area contributed by atoms with Gasteiger partial charge in [-0.05, 0) is 42.3 Å². The first-order valence-electron chi connectivity index (χ1n) is 11.3. The molecule has 8 heteroatoms. The van der Waals surface area contributed by atoms with E-state index in [0.29, 0.717) is 0 Å². The molecule has 0 unspecified atom stereocenters.